The number of hydrogen-bond acceptors (Lipinski definition) is 4. The van der Waals surface area contributed by atoms with Crippen LogP contribution in [0.5, 0.6) is 0 Å². The summed E-state index contributed by atoms with van der Waals surface area (Å²) in [5.74, 6) is 0.747. The molecule has 0 spiro atoms. The molecule has 2 bridgehead atoms. The maximum absolute atomic E-state index is 12.8. The van der Waals surface area contributed by atoms with Gasteiger partial charge in [0.05, 0.1) is 11.7 Å². The van der Waals surface area contributed by atoms with Gasteiger partial charge in [0.2, 0.25) is 0 Å². The number of carbonyl (C=O) groups excluding carboxylic acids is 1. The molecule has 3 aliphatic heterocycles. The topological polar surface area (TPSA) is 45.7 Å². The van der Waals surface area contributed by atoms with E-state index in [1.54, 1.807) is 6.07 Å². The molecular weight excluding hydrogens is 278 g/mol. The molecule has 0 N–H and O–H groups in total. The van der Waals surface area contributed by atoms with Crippen molar-refractivity contribution < 1.29 is 9.53 Å². The molecule has 0 saturated carbocycles. The van der Waals surface area contributed by atoms with Crippen LogP contribution in [0.25, 0.3) is 0 Å². The van der Waals surface area contributed by atoms with Crippen molar-refractivity contribution in [2.24, 2.45) is 0 Å². The maximum atomic E-state index is 12.8. The second kappa shape index (κ2) is 4.60. The lowest BCUT2D eigenvalue weighted by atomic mass is 10.1. The van der Waals surface area contributed by atoms with E-state index in [9.17, 15) is 4.79 Å². The average Bonchev–Trinajstić information content (AvgIpc) is 3.09. The lowest BCUT2D eigenvalue weighted by molar-refractivity contribution is -0.127. The molecule has 1 aromatic rings. The highest BCUT2D eigenvalue weighted by atomic mass is 35.5. The van der Waals surface area contributed by atoms with Crippen LogP contribution in [-0.4, -0.2) is 42.7 Å². The normalized spacial score (nSPS) is 27.9. The quantitative estimate of drug-likeness (QED) is 0.741. The summed E-state index contributed by atoms with van der Waals surface area (Å²) in [5, 5.41) is 0.427. The molecule has 2 fully saturated rings. The Bertz CT molecular complexity index is 559. The fraction of sp³-hybridized carbons (Fsp3) is 0.571. The molecule has 20 heavy (non-hydrogen) atoms. The van der Waals surface area contributed by atoms with E-state index in [0.29, 0.717) is 17.6 Å². The maximum Gasteiger partial charge on any atom is 0.257 e. The minimum atomic E-state index is -0.309. The van der Waals surface area contributed by atoms with Crippen LogP contribution < -0.4 is 9.80 Å². The number of hydrogen-bond donors (Lipinski definition) is 0. The van der Waals surface area contributed by atoms with Gasteiger partial charge in [-0.25, -0.2) is 4.98 Å². The second-order valence-electron chi connectivity index (χ2n) is 5.58. The van der Waals surface area contributed by atoms with Crippen molar-refractivity contribution in [1.82, 2.24) is 4.98 Å². The van der Waals surface area contributed by atoms with Gasteiger partial charge in [-0.15, -0.1) is 0 Å². The van der Waals surface area contributed by atoms with E-state index in [0.717, 1.165) is 38.0 Å². The Hall–Kier alpha value is -1.33. The van der Waals surface area contributed by atoms with Crippen LogP contribution in [0, 0.1) is 0 Å². The van der Waals surface area contributed by atoms with Crippen molar-refractivity contribution in [2.75, 3.05) is 29.5 Å². The van der Waals surface area contributed by atoms with Gasteiger partial charge in [0.25, 0.3) is 5.91 Å². The SMILES string of the molecule is O=C([C@H]1CCCO1)N1c2nc(Cl)ccc2N2CC[C@H]1C2. The van der Waals surface area contributed by atoms with Crippen molar-refractivity contribution in [2.45, 2.75) is 31.4 Å². The molecule has 6 heteroatoms. The Labute approximate surface area is 122 Å². The number of nitrogens with zero attached hydrogens (tertiary/aromatic N) is 3. The molecule has 5 nitrogen and oxygen atoms in total. The molecule has 3 aliphatic rings. The summed E-state index contributed by atoms with van der Waals surface area (Å²) in [6.07, 6.45) is 2.43. The lowest BCUT2D eigenvalue weighted by Crippen LogP contribution is -2.50. The van der Waals surface area contributed by atoms with Crippen molar-refractivity contribution in [3.05, 3.63) is 17.3 Å². The van der Waals surface area contributed by atoms with Gasteiger partial charge in [0.15, 0.2) is 5.82 Å². The van der Waals surface area contributed by atoms with Crippen molar-refractivity contribution in [1.29, 1.82) is 0 Å². The van der Waals surface area contributed by atoms with Crippen LogP contribution in [0.1, 0.15) is 19.3 Å². The summed E-state index contributed by atoms with van der Waals surface area (Å²) >= 11 is 6.02. The predicted octanol–water partition coefficient (Wildman–Crippen LogP) is 1.84. The summed E-state index contributed by atoms with van der Waals surface area (Å²) in [5.41, 5.74) is 1.01. The third-order valence-electron chi connectivity index (χ3n) is 4.36. The number of rotatable bonds is 1. The van der Waals surface area contributed by atoms with E-state index in [2.05, 4.69) is 9.88 Å². The van der Waals surface area contributed by atoms with E-state index in [1.165, 1.54) is 0 Å². The summed E-state index contributed by atoms with van der Waals surface area (Å²) in [6.45, 7) is 2.53. The van der Waals surface area contributed by atoms with Gasteiger partial charge >= 0.3 is 0 Å². The first kappa shape index (κ1) is 12.4. The third kappa shape index (κ3) is 1.80. The van der Waals surface area contributed by atoms with Crippen molar-refractivity contribution in [3.8, 4) is 0 Å². The van der Waals surface area contributed by atoms with Gasteiger partial charge in [-0.1, -0.05) is 11.6 Å². The first-order valence-electron chi connectivity index (χ1n) is 7.10. The minimum absolute atomic E-state index is 0.0464. The fourth-order valence-corrected chi connectivity index (χ4v) is 3.54. The van der Waals surface area contributed by atoms with Crippen LogP contribution in [0.3, 0.4) is 0 Å². The van der Waals surface area contributed by atoms with E-state index in [4.69, 9.17) is 16.3 Å². The van der Waals surface area contributed by atoms with Crippen LogP contribution in [0.2, 0.25) is 5.15 Å². The van der Waals surface area contributed by atoms with Gasteiger partial charge < -0.3 is 9.64 Å². The molecule has 2 saturated heterocycles. The number of carbonyl (C=O) groups is 1. The molecule has 0 aliphatic carbocycles. The largest absolute Gasteiger partial charge is 0.368 e. The molecule has 4 rings (SSSR count). The van der Waals surface area contributed by atoms with E-state index in [-0.39, 0.29) is 18.1 Å². The summed E-state index contributed by atoms with van der Waals surface area (Å²) < 4.78 is 5.55. The van der Waals surface area contributed by atoms with Gasteiger partial charge in [-0.3, -0.25) is 9.69 Å². The Morgan fingerprint density at radius 1 is 1.40 bits per heavy atom. The number of halogens is 1. The molecular formula is C14H16ClN3O2. The number of aromatic nitrogens is 1. The molecule has 0 aromatic carbocycles. The number of anilines is 2. The van der Waals surface area contributed by atoms with Gasteiger partial charge in [0, 0.05) is 19.7 Å². The number of ether oxygens (including phenoxy) is 1. The van der Waals surface area contributed by atoms with Gasteiger partial charge in [-0.2, -0.15) is 0 Å². The summed E-state index contributed by atoms with van der Waals surface area (Å²) in [7, 11) is 0. The highest BCUT2D eigenvalue weighted by molar-refractivity contribution is 6.29. The number of amides is 1. The van der Waals surface area contributed by atoms with Gasteiger partial charge in [-0.05, 0) is 31.4 Å². The fourth-order valence-electron chi connectivity index (χ4n) is 3.40. The zero-order valence-corrected chi connectivity index (χ0v) is 11.8. The highest BCUT2D eigenvalue weighted by Crippen LogP contribution is 2.40. The zero-order valence-electron chi connectivity index (χ0n) is 11.1. The van der Waals surface area contributed by atoms with Crippen LogP contribution in [-0.2, 0) is 9.53 Å². The standard InChI is InChI=1S/C14H16ClN3O2/c15-12-4-3-10-13(16-12)18(9-5-6-17(10)8-9)14(19)11-2-1-7-20-11/h3-4,9,11H,1-2,5-8H2/t9-,11+/m0/s1. The Morgan fingerprint density at radius 2 is 2.30 bits per heavy atom. The second-order valence-corrected chi connectivity index (χ2v) is 5.96. The predicted molar refractivity (Wildman–Crippen MR) is 76.3 cm³/mol. The summed E-state index contributed by atoms with van der Waals surface area (Å²) in [6, 6.07) is 3.95. The van der Waals surface area contributed by atoms with Crippen molar-refractivity contribution in [3.63, 3.8) is 0 Å². The Morgan fingerprint density at radius 3 is 3.10 bits per heavy atom. The van der Waals surface area contributed by atoms with E-state index in [1.807, 2.05) is 11.0 Å². The number of pyridine rings is 1. The first-order chi connectivity index (χ1) is 9.74. The van der Waals surface area contributed by atoms with E-state index < -0.39 is 0 Å². The molecule has 0 radical (unpaired) electrons. The monoisotopic (exact) mass is 293 g/mol. The number of fused-ring (bicyclic) bond motifs is 4. The van der Waals surface area contributed by atoms with Crippen LogP contribution >= 0.6 is 11.6 Å². The smallest absolute Gasteiger partial charge is 0.257 e. The molecule has 1 aromatic heterocycles. The lowest BCUT2D eigenvalue weighted by Gasteiger charge is -2.36. The highest BCUT2D eigenvalue weighted by Gasteiger charge is 2.42. The Balaban J connectivity index is 1.75. The zero-order chi connectivity index (χ0) is 13.7. The first-order valence-corrected chi connectivity index (χ1v) is 7.48. The molecule has 106 valence electrons. The van der Waals surface area contributed by atoms with Crippen LogP contribution in [0.4, 0.5) is 11.5 Å². The molecule has 0 unspecified atom stereocenters. The summed E-state index contributed by atoms with van der Waals surface area (Å²) in [4.78, 5) is 21.3. The van der Waals surface area contributed by atoms with Crippen molar-refractivity contribution >= 4 is 29.0 Å². The Kier molecular flexibility index (Phi) is 2.86. The average molecular weight is 294 g/mol. The van der Waals surface area contributed by atoms with E-state index >= 15 is 0 Å². The molecule has 1 amide bonds. The minimum Gasteiger partial charge on any atom is -0.368 e. The third-order valence-corrected chi connectivity index (χ3v) is 4.57. The van der Waals surface area contributed by atoms with Crippen LogP contribution in [0.15, 0.2) is 12.1 Å². The van der Waals surface area contributed by atoms with Gasteiger partial charge in [0.1, 0.15) is 11.3 Å². The molecule has 2 atom stereocenters. The molecule has 4 heterocycles.